The third-order valence-corrected chi connectivity index (χ3v) is 4.30. The molecular formula is C18H20N10O3. The zero-order valence-corrected chi connectivity index (χ0v) is 16.0. The van der Waals surface area contributed by atoms with Gasteiger partial charge in [-0.1, -0.05) is 10.3 Å². The average molecular weight is 424 g/mol. The molecule has 13 nitrogen and oxygen atoms in total. The fraction of sp³-hybridized carbons (Fsp3) is 0.111. The largest absolute Gasteiger partial charge is 0.363 e. The Balaban J connectivity index is 0.00000136. The number of H-pyrrole nitrogens is 1. The molecule has 0 aliphatic rings. The Hall–Kier alpha value is -4.68. The highest BCUT2D eigenvalue weighted by Crippen LogP contribution is 2.22. The molecule has 0 saturated heterocycles. The minimum Gasteiger partial charge on any atom is -0.363 e. The molecule has 1 amide bonds. The standard InChI is InChI=1S/C18H14N10O3.3H2/c1-9(13-4-10(27-31-13)17-24-12-6-19-7-22-16(12)26-17)23-18(29)11-5-15(21-8-20-11)25-14-2-3-30-28-14;;;/h2-9H,1H3,(H,23,29)(H,19,22,24,26)(H,20,21,25,28);3*1H/t9-;;;/m1.../s1. The SMILES string of the molecule is C[C@@H](NC(=O)c1cc(Nc2ccon2)ncn1)c1cc(-c2nc3ncncc3[nH]2)no1.[HH].[HH].[HH]. The quantitative estimate of drug-likeness (QED) is 0.365. The lowest BCUT2D eigenvalue weighted by Crippen LogP contribution is -2.27. The average Bonchev–Trinajstić information content (AvgIpc) is 3.53. The summed E-state index contributed by atoms with van der Waals surface area (Å²) in [6.07, 6.45) is 5.73. The molecular weight excluding hydrogens is 404 g/mol. The van der Waals surface area contributed by atoms with E-state index >= 15 is 0 Å². The number of rotatable bonds is 6. The number of aromatic amines is 1. The minimum atomic E-state index is -0.472. The van der Waals surface area contributed by atoms with Crippen molar-refractivity contribution in [2.24, 2.45) is 0 Å². The Morgan fingerprint density at radius 3 is 2.94 bits per heavy atom. The fourth-order valence-electron chi connectivity index (χ4n) is 2.79. The number of carbonyl (C=O) groups is 1. The van der Waals surface area contributed by atoms with Crippen LogP contribution in [0.5, 0.6) is 0 Å². The Bertz CT molecular complexity index is 1330. The summed E-state index contributed by atoms with van der Waals surface area (Å²) in [7, 11) is 0. The van der Waals surface area contributed by atoms with E-state index < -0.39 is 11.9 Å². The van der Waals surface area contributed by atoms with Crippen molar-refractivity contribution in [2.75, 3.05) is 5.32 Å². The second kappa shape index (κ2) is 7.62. The fourth-order valence-corrected chi connectivity index (χ4v) is 2.79. The first-order valence-corrected chi connectivity index (χ1v) is 9.09. The molecule has 0 fully saturated rings. The van der Waals surface area contributed by atoms with Crippen LogP contribution in [0, 0.1) is 0 Å². The van der Waals surface area contributed by atoms with Gasteiger partial charge in [-0.05, 0) is 6.92 Å². The predicted molar refractivity (Wildman–Crippen MR) is 111 cm³/mol. The summed E-state index contributed by atoms with van der Waals surface area (Å²) >= 11 is 0. The summed E-state index contributed by atoms with van der Waals surface area (Å²) in [5, 5.41) is 13.5. The van der Waals surface area contributed by atoms with Crippen molar-refractivity contribution in [1.82, 2.24) is 45.5 Å². The zero-order chi connectivity index (χ0) is 21.2. The van der Waals surface area contributed by atoms with Gasteiger partial charge in [-0.3, -0.25) is 4.79 Å². The maximum absolute atomic E-state index is 12.6. The molecule has 5 aromatic rings. The molecule has 0 aliphatic heterocycles. The van der Waals surface area contributed by atoms with Gasteiger partial charge < -0.3 is 24.7 Å². The van der Waals surface area contributed by atoms with Crippen LogP contribution >= 0.6 is 0 Å². The van der Waals surface area contributed by atoms with Gasteiger partial charge in [0.1, 0.15) is 41.6 Å². The predicted octanol–water partition coefficient (Wildman–Crippen LogP) is 2.76. The summed E-state index contributed by atoms with van der Waals surface area (Å²) < 4.78 is 10.1. The van der Waals surface area contributed by atoms with Crippen LogP contribution in [0.25, 0.3) is 22.7 Å². The first-order chi connectivity index (χ1) is 15.2. The molecule has 13 heteroatoms. The van der Waals surface area contributed by atoms with E-state index in [0.717, 1.165) is 0 Å². The van der Waals surface area contributed by atoms with E-state index in [-0.39, 0.29) is 9.97 Å². The van der Waals surface area contributed by atoms with Gasteiger partial charge in [0.15, 0.2) is 23.0 Å². The summed E-state index contributed by atoms with van der Waals surface area (Å²) in [6.45, 7) is 1.77. The molecule has 31 heavy (non-hydrogen) atoms. The van der Waals surface area contributed by atoms with Gasteiger partial charge in [0.25, 0.3) is 5.91 Å². The molecule has 0 unspecified atom stereocenters. The van der Waals surface area contributed by atoms with Crippen LogP contribution in [-0.2, 0) is 0 Å². The van der Waals surface area contributed by atoms with Crippen LogP contribution in [0.2, 0.25) is 0 Å². The second-order valence-corrected chi connectivity index (χ2v) is 6.45. The van der Waals surface area contributed by atoms with Gasteiger partial charge in [0, 0.05) is 22.5 Å². The second-order valence-electron chi connectivity index (χ2n) is 6.45. The van der Waals surface area contributed by atoms with Gasteiger partial charge in [-0.25, -0.2) is 24.9 Å². The van der Waals surface area contributed by atoms with Crippen molar-refractivity contribution in [3.63, 3.8) is 0 Å². The third-order valence-electron chi connectivity index (χ3n) is 4.30. The van der Waals surface area contributed by atoms with Crippen LogP contribution < -0.4 is 10.6 Å². The van der Waals surface area contributed by atoms with Gasteiger partial charge in [0.05, 0.1) is 12.2 Å². The van der Waals surface area contributed by atoms with Crippen LogP contribution in [0.15, 0.2) is 52.4 Å². The molecule has 0 aromatic carbocycles. The number of imidazole rings is 1. The number of aromatic nitrogens is 8. The molecule has 0 bridgehead atoms. The van der Waals surface area contributed by atoms with Crippen LogP contribution in [-0.4, -0.2) is 46.1 Å². The summed E-state index contributed by atoms with van der Waals surface area (Å²) in [6, 6.07) is 4.34. The van der Waals surface area contributed by atoms with E-state index in [0.29, 0.717) is 40.1 Å². The number of carbonyl (C=O) groups excluding carboxylic acids is 1. The molecule has 5 heterocycles. The molecule has 0 spiro atoms. The first-order valence-electron chi connectivity index (χ1n) is 9.09. The lowest BCUT2D eigenvalue weighted by atomic mass is 10.2. The smallest absolute Gasteiger partial charge is 0.270 e. The highest BCUT2D eigenvalue weighted by molar-refractivity contribution is 5.93. The number of fused-ring (bicyclic) bond motifs is 1. The Kier molecular flexibility index (Phi) is 4.51. The molecule has 0 saturated carbocycles. The molecule has 5 aromatic heterocycles. The van der Waals surface area contributed by atoms with E-state index in [1.54, 1.807) is 25.3 Å². The maximum atomic E-state index is 12.6. The molecule has 3 N–H and O–H groups in total. The number of amides is 1. The zero-order valence-electron chi connectivity index (χ0n) is 16.0. The van der Waals surface area contributed by atoms with Crippen LogP contribution in [0.4, 0.5) is 11.6 Å². The van der Waals surface area contributed by atoms with Crippen LogP contribution in [0.3, 0.4) is 0 Å². The van der Waals surface area contributed by atoms with Gasteiger partial charge in [0.2, 0.25) is 0 Å². The summed E-state index contributed by atoms with van der Waals surface area (Å²) in [5.74, 6) is 1.39. The Morgan fingerprint density at radius 1 is 1.16 bits per heavy atom. The van der Waals surface area contributed by atoms with E-state index in [1.165, 1.54) is 25.0 Å². The molecule has 160 valence electrons. The molecule has 0 aliphatic carbocycles. The number of nitrogens with zero attached hydrogens (tertiary/aromatic N) is 7. The lowest BCUT2D eigenvalue weighted by Gasteiger charge is -2.10. The highest BCUT2D eigenvalue weighted by atomic mass is 16.5. The topological polar surface area (TPSA) is 173 Å². The van der Waals surface area contributed by atoms with Crippen LogP contribution in [0.1, 0.15) is 33.5 Å². The molecule has 5 rings (SSSR count). The van der Waals surface area contributed by atoms with E-state index in [4.69, 9.17) is 9.05 Å². The molecule has 0 radical (unpaired) electrons. The van der Waals surface area contributed by atoms with Gasteiger partial charge in [-0.15, -0.1) is 0 Å². The monoisotopic (exact) mass is 424 g/mol. The number of nitrogens with one attached hydrogen (secondary N) is 3. The van der Waals surface area contributed by atoms with E-state index in [2.05, 4.69) is 50.9 Å². The lowest BCUT2D eigenvalue weighted by molar-refractivity contribution is 0.0928. The van der Waals surface area contributed by atoms with Crippen molar-refractivity contribution in [2.45, 2.75) is 13.0 Å². The van der Waals surface area contributed by atoms with Gasteiger partial charge >= 0.3 is 0 Å². The Morgan fingerprint density at radius 2 is 2.10 bits per heavy atom. The number of hydrogen-bond acceptors (Lipinski definition) is 11. The molecule has 1 atom stereocenters. The highest BCUT2D eigenvalue weighted by Gasteiger charge is 2.19. The number of anilines is 2. The van der Waals surface area contributed by atoms with Crippen molar-refractivity contribution < 1.29 is 18.1 Å². The van der Waals surface area contributed by atoms with E-state index in [1.807, 2.05) is 0 Å². The van der Waals surface area contributed by atoms with E-state index in [9.17, 15) is 4.79 Å². The first kappa shape index (κ1) is 18.4. The maximum Gasteiger partial charge on any atom is 0.270 e. The van der Waals surface area contributed by atoms with Crippen molar-refractivity contribution in [3.8, 4) is 11.5 Å². The summed E-state index contributed by atoms with van der Waals surface area (Å²) in [4.78, 5) is 36.1. The third kappa shape index (κ3) is 3.78. The number of hydrogen-bond donors (Lipinski definition) is 3. The summed E-state index contributed by atoms with van der Waals surface area (Å²) in [5.41, 5.74) is 1.86. The van der Waals surface area contributed by atoms with Gasteiger partial charge in [-0.2, -0.15) is 0 Å². The minimum absolute atomic E-state index is 0. The van der Waals surface area contributed by atoms with Crippen molar-refractivity contribution in [1.29, 1.82) is 0 Å². The van der Waals surface area contributed by atoms with Crippen molar-refractivity contribution in [3.05, 3.63) is 54.8 Å². The van der Waals surface area contributed by atoms with Crippen molar-refractivity contribution >= 4 is 28.7 Å². The normalized spacial score (nSPS) is 12.0. The Labute approximate surface area is 177 Å².